The summed E-state index contributed by atoms with van der Waals surface area (Å²) in [4.78, 5) is 37.3. The molecule has 1 aromatic heterocycles. The number of rotatable bonds is 8. The number of H-pyrrole nitrogens is 1. The Morgan fingerprint density at radius 2 is 1.88 bits per heavy atom. The van der Waals surface area contributed by atoms with Gasteiger partial charge in [0.1, 0.15) is 11.3 Å². The quantitative estimate of drug-likeness (QED) is 0.627. The van der Waals surface area contributed by atoms with Gasteiger partial charge in [-0.25, -0.2) is 0 Å². The van der Waals surface area contributed by atoms with Crippen LogP contribution in [0.5, 0.6) is 5.75 Å². The largest absolute Gasteiger partial charge is 0.494 e. The summed E-state index contributed by atoms with van der Waals surface area (Å²) in [7, 11) is 0. The second-order valence-corrected chi connectivity index (χ2v) is 6.01. The number of carbonyl (C=O) groups excluding carboxylic acids is 1. The number of aliphatic carboxylic acids is 1. The Morgan fingerprint density at radius 1 is 1.19 bits per heavy atom. The maximum atomic E-state index is 12.3. The van der Waals surface area contributed by atoms with E-state index in [0.29, 0.717) is 30.0 Å². The maximum absolute atomic E-state index is 12.3. The first kappa shape index (κ1) is 19.2. The predicted molar refractivity (Wildman–Crippen MR) is 96.5 cm³/mol. The molecule has 2 aromatic rings. The Kier molecular flexibility index (Phi) is 6.54. The van der Waals surface area contributed by atoms with E-state index in [-0.39, 0.29) is 18.5 Å². The lowest BCUT2D eigenvalue weighted by molar-refractivity contribution is -0.137. The summed E-state index contributed by atoms with van der Waals surface area (Å²) in [5, 5.41) is 11.3. The average Bonchev–Trinajstić information content (AvgIpc) is 2.57. The highest BCUT2D eigenvalue weighted by Crippen LogP contribution is 2.13. The molecule has 0 aliphatic carbocycles. The van der Waals surface area contributed by atoms with Crippen LogP contribution in [0.25, 0.3) is 0 Å². The van der Waals surface area contributed by atoms with Gasteiger partial charge in [-0.1, -0.05) is 12.1 Å². The molecule has 0 radical (unpaired) electrons. The summed E-state index contributed by atoms with van der Waals surface area (Å²) in [6, 6.07) is 8.88. The van der Waals surface area contributed by atoms with Crippen LogP contribution in [0.2, 0.25) is 0 Å². The van der Waals surface area contributed by atoms with Crippen molar-refractivity contribution in [3.8, 4) is 5.75 Å². The number of aromatic amines is 1. The Morgan fingerprint density at radius 3 is 2.50 bits per heavy atom. The monoisotopic (exact) mass is 358 g/mol. The first-order valence-electron chi connectivity index (χ1n) is 8.29. The zero-order chi connectivity index (χ0) is 19.1. The summed E-state index contributed by atoms with van der Waals surface area (Å²) in [6.45, 7) is 4.11. The SMILES string of the molecule is Cc1cc(C)c(C(=O)NCc2ccc(OCCCC(=O)O)cc2)c(=O)[nH]1. The van der Waals surface area contributed by atoms with Crippen LogP contribution in [0.1, 0.15) is 40.0 Å². The van der Waals surface area contributed by atoms with Crippen molar-refractivity contribution in [3.63, 3.8) is 0 Å². The van der Waals surface area contributed by atoms with Crippen molar-refractivity contribution >= 4 is 11.9 Å². The fraction of sp³-hybridized carbons (Fsp3) is 0.316. The van der Waals surface area contributed by atoms with E-state index in [9.17, 15) is 14.4 Å². The molecule has 0 aliphatic heterocycles. The topological polar surface area (TPSA) is 108 Å². The lowest BCUT2D eigenvalue weighted by atomic mass is 10.1. The molecule has 1 heterocycles. The van der Waals surface area contributed by atoms with E-state index in [4.69, 9.17) is 9.84 Å². The van der Waals surface area contributed by atoms with Gasteiger partial charge >= 0.3 is 5.97 Å². The molecule has 3 N–H and O–H groups in total. The molecular formula is C19H22N2O5. The number of carbonyl (C=O) groups is 2. The summed E-state index contributed by atoms with van der Waals surface area (Å²) >= 11 is 0. The molecule has 0 aliphatic rings. The van der Waals surface area contributed by atoms with E-state index in [2.05, 4.69) is 10.3 Å². The smallest absolute Gasteiger partial charge is 0.303 e. The van der Waals surface area contributed by atoms with E-state index in [1.807, 2.05) is 0 Å². The van der Waals surface area contributed by atoms with Crippen LogP contribution >= 0.6 is 0 Å². The molecule has 0 bridgehead atoms. The van der Waals surface area contributed by atoms with Gasteiger partial charge in [0.15, 0.2) is 0 Å². The molecule has 0 spiro atoms. The first-order valence-corrected chi connectivity index (χ1v) is 8.29. The van der Waals surface area contributed by atoms with Gasteiger partial charge in [-0.05, 0) is 49.6 Å². The van der Waals surface area contributed by atoms with Crippen LogP contribution in [-0.2, 0) is 11.3 Å². The number of carboxylic acids is 1. The molecule has 0 saturated carbocycles. The third kappa shape index (κ3) is 5.47. The fourth-order valence-corrected chi connectivity index (χ4v) is 2.52. The van der Waals surface area contributed by atoms with Gasteiger partial charge in [0.25, 0.3) is 11.5 Å². The van der Waals surface area contributed by atoms with E-state index in [0.717, 1.165) is 5.56 Å². The van der Waals surface area contributed by atoms with E-state index in [1.165, 1.54) is 0 Å². The van der Waals surface area contributed by atoms with Gasteiger partial charge in [0.05, 0.1) is 6.61 Å². The Hall–Kier alpha value is -3.09. The predicted octanol–water partition coefficient (Wildman–Crippen LogP) is 2.17. The Labute approximate surface area is 151 Å². The van der Waals surface area contributed by atoms with Gasteiger partial charge in [-0.15, -0.1) is 0 Å². The zero-order valence-corrected chi connectivity index (χ0v) is 14.8. The van der Waals surface area contributed by atoms with E-state index >= 15 is 0 Å². The standard InChI is InChI=1S/C19H22N2O5/c1-12-10-13(2)21-19(25)17(12)18(24)20-11-14-5-7-15(8-6-14)26-9-3-4-16(22)23/h5-8,10H,3-4,9,11H2,1-2H3,(H,20,24)(H,21,25)(H,22,23). The second-order valence-electron chi connectivity index (χ2n) is 6.01. The first-order chi connectivity index (χ1) is 12.4. The maximum Gasteiger partial charge on any atom is 0.303 e. The number of pyridine rings is 1. The molecule has 0 atom stereocenters. The highest BCUT2D eigenvalue weighted by Gasteiger charge is 2.13. The number of nitrogens with one attached hydrogen (secondary N) is 2. The van der Waals surface area contributed by atoms with Crippen LogP contribution in [0.15, 0.2) is 35.1 Å². The van der Waals surface area contributed by atoms with Gasteiger partial charge in [0.2, 0.25) is 0 Å². The zero-order valence-electron chi connectivity index (χ0n) is 14.8. The highest BCUT2D eigenvalue weighted by molar-refractivity contribution is 5.95. The van der Waals surface area contributed by atoms with Crippen LogP contribution in [0.4, 0.5) is 0 Å². The van der Waals surface area contributed by atoms with Crippen LogP contribution in [0.3, 0.4) is 0 Å². The van der Waals surface area contributed by atoms with Crippen molar-refractivity contribution in [1.29, 1.82) is 0 Å². The average molecular weight is 358 g/mol. The number of ether oxygens (including phenoxy) is 1. The van der Waals surface area contributed by atoms with Gasteiger partial charge in [-0.3, -0.25) is 14.4 Å². The van der Waals surface area contributed by atoms with Crippen LogP contribution in [-0.4, -0.2) is 28.6 Å². The number of benzene rings is 1. The van der Waals surface area contributed by atoms with Crippen molar-refractivity contribution in [2.24, 2.45) is 0 Å². The van der Waals surface area contributed by atoms with Crippen LogP contribution < -0.4 is 15.6 Å². The lowest BCUT2D eigenvalue weighted by Gasteiger charge is -2.09. The number of carboxylic acid groups (broad SMARTS) is 1. The van der Waals surface area contributed by atoms with Crippen molar-refractivity contribution in [2.45, 2.75) is 33.2 Å². The summed E-state index contributed by atoms with van der Waals surface area (Å²) in [5.41, 5.74) is 1.92. The van der Waals surface area contributed by atoms with E-state index < -0.39 is 17.4 Å². The number of aromatic nitrogens is 1. The van der Waals surface area contributed by atoms with Gasteiger partial charge < -0.3 is 20.1 Å². The molecule has 1 aromatic carbocycles. The normalized spacial score (nSPS) is 10.4. The molecule has 0 saturated heterocycles. The minimum atomic E-state index is -0.845. The molecule has 0 fully saturated rings. The summed E-state index contributed by atoms with van der Waals surface area (Å²) in [5.74, 6) is -0.628. The summed E-state index contributed by atoms with van der Waals surface area (Å²) in [6.07, 6.45) is 0.513. The minimum absolute atomic E-state index is 0.0711. The summed E-state index contributed by atoms with van der Waals surface area (Å²) < 4.78 is 5.45. The highest BCUT2D eigenvalue weighted by atomic mass is 16.5. The molecule has 7 heteroatoms. The number of aryl methyl sites for hydroxylation is 2. The second kappa shape index (κ2) is 8.84. The molecule has 7 nitrogen and oxygen atoms in total. The fourth-order valence-electron chi connectivity index (χ4n) is 2.52. The minimum Gasteiger partial charge on any atom is -0.494 e. The van der Waals surface area contributed by atoms with Crippen molar-refractivity contribution in [2.75, 3.05) is 6.61 Å². The Balaban J connectivity index is 1.89. The van der Waals surface area contributed by atoms with Crippen molar-refractivity contribution in [1.82, 2.24) is 10.3 Å². The van der Waals surface area contributed by atoms with Crippen molar-refractivity contribution in [3.05, 3.63) is 63.1 Å². The van der Waals surface area contributed by atoms with Gasteiger partial charge in [-0.2, -0.15) is 0 Å². The molecule has 1 amide bonds. The van der Waals surface area contributed by atoms with E-state index in [1.54, 1.807) is 44.2 Å². The number of hydrogen-bond acceptors (Lipinski definition) is 4. The molecular weight excluding hydrogens is 336 g/mol. The third-order valence-corrected chi connectivity index (χ3v) is 3.77. The van der Waals surface area contributed by atoms with Crippen molar-refractivity contribution < 1.29 is 19.4 Å². The molecule has 2 rings (SSSR count). The van der Waals surface area contributed by atoms with Gasteiger partial charge in [0, 0.05) is 18.7 Å². The lowest BCUT2D eigenvalue weighted by Crippen LogP contribution is -2.30. The third-order valence-electron chi connectivity index (χ3n) is 3.77. The van der Waals surface area contributed by atoms with Crippen LogP contribution in [0, 0.1) is 13.8 Å². The number of hydrogen-bond donors (Lipinski definition) is 3. The molecule has 138 valence electrons. The Bertz CT molecular complexity index is 840. The number of amides is 1. The molecule has 0 unspecified atom stereocenters. The molecule has 26 heavy (non-hydrogen) atoms.